The number of carbonyl (C=O) groups excluding carboxylic acids is 7. The first-order valence-corrected chi connectivity index (χ1v) is 22.2. The number of fused-ring (bicyclic) bond motifs is 3. The Balaban J connectivity index is 1.68. The van der Waals surface area contributed by atoms with Gasteiger partial charge in [0, 0.05) is 11.5 Å². The highest BCUT2D eigenvalue weighted by Crippen LogP contribution is 2.56. The van der Waals surface area contributed by atoms with Gasteiger partial charge in [0.05, 0.1) is 35.4 Å². The van der Waals surface area contributed by atoms with E-state index in [-0.39, 0.29) is 59.7 Å². The number of nitrogens with two attached hydrogens (primary N) is 2. The Morgan fingerprint density at radius 2 is 1.22 bits per heavy atom. The van der Waals surface area contributed by atoms with Gasteiger partial charge in [-0.3, -0.25) is 38.5 Å². The number of Topliss-reactive ketones (excluding diaryl/α,β-unsaturated/α-hetero) is 2. The van der Waals surface area contributed by atoms with Gasteiger partial charge in [-0.25, -0.2) is 0 Å². The molecule has 10 atom stereocenters. The third-order valence-electron chi connectivity index (χ3n) is 12.5. The number of ketones is 2. The third-order valence-corrected chi connectivity index (χ3v) is 12.5. The molecule has 0 aliphatic heterocycles. The summed E-state index contributed by atoms with van der Waals surface area (Å²) in [5.74, 6) is -13.4. The number of nitrogens with one attached hydrogen (secondary N) is 4. The highest BCUT2D eigenvalue weighted by atomic mass is 16.4. The average Bonchev–Trinajstić information content (AvgIpc) is 3.18. The molecule has 3 unspecified atom stereocenters. The van der Waals surface area contributed by atoms with Crippen molar-refractivity contribution in [3.05, 3.63) is 40.2 Å². The predicted molar refractivity (Wildman–Crippen MR) is 241 cm³/mol. The number of carbonyl (C=O) groups is 7. The van der Waals surface area contributed by atoms with Crippen LogP contribution in [-0.2, 0) is 33.6 Å². The molecule has 1 aromatic carbocycles. The molecule has 0 radical (unpaired) electrons. The average molecular weight is 912 g/mol. The quantitative estimate of drug-likeness (QED) is 0.0733. The summed E-state index contributed by atoms with van der Waals surface area (Å²) in [6.45, 7) is 16.5. The fourth-order valence-corrected chi connectivity index (χ4v) is 9.48. The summed E-state index contributed by atoms with van der Waals surface area (Å²) in [6, 6.07) is -2.92. The SMILES string of the molecule is CC(C)C[C@H](NC(=O)[C@H](CC(C)C)NC(=O)[C@H](CC(C)C)NC(=O)[C@@H](N)CC(C)C)C(=O)Nc1ccc2c(c1O)C(O)=C1C(=O)[C@]3(O)C(O)=C(C(N)=O)C(=O)[C@@H](N(C)C)C3C(O)C1[C@H]2C. The Labute approximate surface area is 379 Å². The van der Waals surface area contributed by atoms with Gasteiger partial charge < -0.3 is 58.3 Å². The molecule has 1 fully saturated rings. The molecule has 19 heteroatoms. The molecular weight excluding hydrogens is 843 g/mol. The van der Waals surface area contributed by atoms with Crippen LogP contribution in [0.1, 0.15) is 105 Å². The monoisotopic (exact) mass is 912 g/mol. The van der Waals surface area contributed by atoms with E-state index >= 15 is 0 Å². The number of aromatic hydroxyl groups is 1. The Kier molecular flexibility index (Phi) is 16.4. The van der Waals surface area contributed by atoms with Crippen LogP contribution in [0, 0.1) is 35.5 Å². The number of anilines is 1. The number of amides is 5. The maximum Gasteiger partial charge on any atom is 0.255 e. The highest BCUT2D eigenvalue weighted by molar-refractivity contribution is 6.24. The topological polar surface area (TPSA) is 324 Å². The summed E-state index contributed by atoms with van der Waals surface area (Å²) in [6.07, 6.45) is -0.841. The molecule has 0 aromatic heterocycles. The van der Waals surface area contributed by atoms with E-state index in [0.29, 0.717) is 6.42 Å². The maximum absolute atomic E-state index is 14.4. The minimum atomic E-state index is -3.11. The summed E-state index contributed by atoms with van der Waals surface area (Å²) in [5, 5.41) is 69.5. The Morgan fingerprint density at radius 3 is 1.66 bits per heavy atom. The lowest BCUT2D eigenvalue weighted by atomic mass is 9.54. The number of phenols is 1. The van der Waals surface area contributed by atoms with E-state index in [4.69, 9.17) is 11.5 Å². The van der Waals surface area contributed by atoms with Crippen molar-refractivity contribution in [2.75, 3.05) is 19.4 Å². The molecule has 1 aromatic rings. The second-order valence-electron chi connectivity index (χ2n) is 19.8. The zero-order chi connectivity index (χ0) is 49.3. The molecule has 0 saturated heterocycles. The Morgan fingerprint density at radius 1 is 0.754 bits per heavy atom. The van der Waals surface area contributed by atoms with Gasteiger partial charge in [-0.2, -0.15) is 0 Å². The predicted octanol–water partition coefficient (Wildman–Crippen LogP) is 1.40. The van der Waals surface area contributed by atoms with Gasteiger partial charge in [0.1, 0.15) is 41.0 Å². The van der Waals surface area contributed by atoms with E-state index in [2.05, 4.69) is 21.3 Å². The number of phenolic OH excluding ortho intramolecular Hbond substituents is 1. The number of hydrogen-bond donors (Lipinski definition) is 11. The summed E-state index contributed by atoms with van der Waals surface area (Å²) in [5.41, 5.74) is 6.40. The molecule has 19 nitrogen and oxygen atoms in total. The molecule has 65 heavy (non-hydrogen) atoms. The van der Waals surface area contributed by atoms with E-state index in [1.807, 2.05) is 55.4 Å². The molecule has 5 amide bonds. The number of aliphatic hydroxyl groups excluding tert-OH is 3. The second kappa shape index (κ2) is 20.4. The molecule has 13 N–H and O–H groups in total. The van der Waals surface area contributed by atoms with Crippen molar-refractivity contribution in [3.8, 4) is 5.75 Å². The molecular formula is C46H69N7O12. The van der Waals surface area contributed by atoms with E-state index < -0.39 is 129 Å². The van der Waals surface area contributed by atoms with Crippen LogP contribution in [0.15, 0.2) is 29.0 Å². The lowest BCUT2D eigenvalue weighted by Gasteiger charge is -2.53. The maximum atomic E-state index is 14.4. The van der Waals surface area contributed by atoms with E-state index in [1.54, 1.807) is 6.92 Å². The molecule has 0 bridgehead atoms. The lowest BCUT2D eigenvalue weighted by Crippen LogP contribution is -2.70. The molecule has 0 spiro atoms. The first-order chi connectivity index (χ1) is 30.1. The zero-order valence-corrected chi connectivity index (χ0v) is 39.2. The van der Waals surface area contributed by atoms with Crippen molar-refractivity contribution in [2.24, 2.45) is 47.0 Å². The fourth-order valence-electron chi connectivity index (χ4n) is 9.48. The zero-order valence-electron chi connectivity index (χ0n) is 39.2. The summed E-state index contributed by atoms with van der Waals surface area (Å²) >= 11 is 0. The number of aliphatic hydroxyl groups is 4. The van der Waals surface area contributed by atoms with Crippen molar-refractivity contribution in [2.45, 2.75) is 136 Å². The van der Waals surface area contributed by atoms with Crippen molar-refractivity contribution >= 4 is 52.5 Å². The molecule has 360 valence electrons. The lowest BCUT2D eigenvalue weighted by molar-refractivity contribution is -0.169. The number of benzene rings is 1. The first-order valence-electron chi connectivity index (χ1n) is 22.2. The summed E-state index contributed by atoms with van der Waals surface area (Å²) in [7, 11) is 2.82. The van der Waals surface area contributed by atoms with Gasteiger partial charge in [-0.1, -0.05) is 68.4 Å². The summed E-state index contributed by atoms with van der Waals surface area (Å²) in [4.78, 5) is 96.4. The number of likely N-dealkylation sites (N-methyl/N-ethyl adjacent to an activating group) is 1. The van der Waals surface area contributed by atoms with E-state index in [0.717, 1.165) is 0 Å². The van der Waals surface area contributed by atoms with E-state index in [1.165, 1.54) is 31.1 Å². The highest BCUT2D eigenvalue weighted by Gasteiger charge is 2.68. The largest absolute Gasteiger partial charge is 0.508 e. The van der Waals surface area contributed by atoms with Gasteiger partial charge in [0.25, 0.3) is 5.91 Å². The number of rotatable bonds is 18. The van der Waals surface area contributed by atoms with Gasteiger partial charge in [0.2, 0.25) is 29.4 Å². The number of primary amides is 1. The van der Waals surface area contributed by atoms with Crippen LogP contribution < -0.4 is 32.7 Å². The van der Waals surface area contributed by atoms with Crippen molar-refractivity contribution in [3.63, 3.8) is 0 Å². The third kappa shape index (κ3) is 10.5. The Bertz CT molecular complexity index is 2130. The fraction of sp³-hybridized carbons (Fsp3) is 0.630. The number of hydrogen-bond acceptors (Lipinski definition) is 14. The minimum Gasteiger partial charge on any atom is -0.508 e. The van der Waals surface area contributed by atoms with Crippen LogP contribution in [0.2, 0.25) is 0 Å². The smallest absolute Gasteiger partial charge is 0.255 e. The molecule has 0 heterocycles. The van der Waals surface area contributed by atoms with Crippen molar-refractivity contribution in [1.29, 1.82) is 0 Å². The Hall–Kier alpha value is -5.37. The molecule has 3 aliphatic carbocycles. The minimum absolute atomic E-state index is 0.0123. The van der Waals surface area contributed by atoms with Crippen molar-refractivity contribution in [1.82, 2.24) is 20.9 Å². The first kappa shape index (κ1) is 52.3. The molecule has 3 aliphatic rings. The standard InChI is InChI=1S/C46H69N7O12/c1-18(2)14-24(47)42(61)50-26(15-19(3)4)44(63)52-28(17-21(7)8)45(64)51-27(16-20(5)6)43(62)49-25-13-12-23-22(9)29-31(36(55)30(23)35(25)54)39(58)46(65)33(37(29)56)34(53(10)11)38(57)32(40(46)59)41(48)60/h12-13,18-22,24,26-29,33-34,37,54-56,59,65H,14-17,47H2,1-11H3,(H2,48,60)(H,49,62)(H,50,61)(H,51,64)(H,52,63)/t22-,24-,26-,27-,28-,29?,33?,34-,37?,46-/m0/s1. The normalized spacial score (nSPS) is 24.9. The van der Waals surface area contributed by atoms with Crippen LogP contribution >= 0.6 is 0 Å². The van der Waals surface area contributed by atoms with Crippen LogP contribution in [-0.4, -0.2) is 128 Å². The molecule has 1 saturated carbocycles. The van der Waals surface area contributed by atoms with Crippen LogP contribution in [0.5, 0.6) is 5.75 Å². The van der Waals surface area contributed by atoms with Crippen LogP contribution in [0.4, 0.5) is 5.69 Å². The second-order valence-corrected chi connectivity index (χ2v) is 19.8. The van der Waals surface area contributed by atoms with Gasteiger partial charge in [-0.05, 0) is 81.0 Å². The van der Waals surface area contributed by atoms with Gasteiger partial charge in [0.15, 0.2) is 11.4 Å². The summed E-state index contributed by atoms with van der Waals surface area (Å²) < 4.78 is 0. The van der Waals surface area contributed by atoms with Gasteiger partial charge in [-0.15, -0.1) is 0 Å². The molecule has 4 rings (SSSR count). The van der Waals surface area contributed by atoms with E-state index in [9.17, 15) is 59.1 Å². The van der Waals surface area contributed by atoms with Crippen LogP contribution in [0.25, 0.3) is 5.76 Å². The van der Waals surface area contributed by atoms with Crippen molar-refractivity contribution < 1.29 is 59.1 Å². The van der Waals surface area contributed by atoms with Crippen LogP contribution in [0.3, 0.4) is 0 Å². The number of nitrogens with zero attached hydrogens (tertiary/aromatic N) is 1. The van der Waals surface area contributed by atoms with Gasteiger partial charge >= 0.3 is 0 Å².